The summed E-state index contributed by atoms with van der Waals surface area (Å²) in [6, 6.07) is 0.868. The molecule has 3 atom stereocenters. The predicted molar refractivity (Wildman–Crippen MR) is 35.3 cm³/mol. The molecular formula is C7H12N2. The Labute approximate surface area is 55.2 Å². The van der Waals surface area contributed by atoms with Crippen LogP contribution in [0.15, 0.2) is 0 Å². The zero-order valence-electron chi connectivity index (χ0n) is 5.72. The highest BCUT2D eigenvalue weighted by Gasteiger charge is 2.70. The largest absolute Gasteiger partial charge is 0.311 e. The zero-order chi connectivity index (χ0) is 6.06. The second kappa shape index (κ2) is 1.06. The fourth-order valence-corrected chi connectivity index (χ4v) is 2.76. The molecule has 0 amide bonds. The average molecular weight is 124 g/mol. The van der Waals surface area contributed by atoms with Crippen LogP contribution in [0, 0.1) is 5.92 Å². The number of hydrogen-bond donors (Lipinski definition) is 1. The molecule has 3 unspecified atom stereocenters. The van der Waals surface area contributed by atoms with Crippen LogP contribution in [-0.2, 0) is 0 Å². The summed E-state index contributed by atoms with van der Waals surface area (Å²) in [6.07, 6.45) is 1.47. The summed E-state index contributed by atoms with van der Waals surface area (Å²) in [5.74, 6) is 1.02. The Kier molecular flexibility index (Phi) is 0.552. The monoisotopic (exact) mass is 124 g/mol. The molecule has 2 heteroatoms. The van der Waals surface area contributed by atoms with Gasteiger partial charge in [0.15, 0.2) is 0 Å². The van der Waals surface area contributed by atoms with E-state index in [-0.39, 0.29) is 0 Å². The van der Waals surface area contributed by atoms with Crippen molar-refractivity contribution in [1.82, 2.24) is 10.2 Å². The minimum absolute atomic E-state index is 0.681. The number of likely N-dealkylation sites (tertiary alicyclic amines) is 1. The number of rotatable bonds is 0. The Morgan fingerprint density at radius 2 is 2.56 bits per heavy atom. The Balaban J connectivity index is 1.98. The van der Waals surface area contributed by atoms with Gasteiger partial charge >= 0.3 is 0 Å². The molecule has 1 aliphatic carbocycles. The van der Waals surface area contributed by atoms with E-state index in [1.807, 2.05) is 0 Å². The zero-order valence-corrected chi connectivity index (χ0v) is 5.72. The first-order valence-corrected chi connectivity index (χ1v) is 3.78. The molecule has 0 aromatic rings. The SMILES string of the molecule is CN1CC2NCC3CC321. The van der Waals surface area contributed by atoms with Gasteiger partial charge in [-0.15, -0.1) is 0 Å². The van der Waals surface area contributed by atoms with Crippen LogP contribution in [0.3, 0.4) is 0 Å². The predicted octanol–water partition coefficient (Wildman–Crippen LogP) is -0.338. The molecule has 1 saturated carbocycles. The van der Waals surface area contributed by atoms with Gasteiger partial charge in [0.25, 0.3) is 0 Å². The normalized spacial score (nSPS) is 62.3. The van der Waals surface area contributed by atoms with Gasteiger partial charge in [-0.05, 0) is 19.4 Å². The first kappa shape index (κ1) is 4.69. The molecule has 0 bridgehead atoms. The molecule has 1 N–H and O–H groups in total. The Bertz CT molecular complexity index is 162. The molecule has 3 rings (SSSR count). The topological polar surface area (TPSA) is 15.3 Å². The van der Waals surface area contributed by atoms with Gasteiger partial charge < -0.3 is 5.32 Å². The van der Waals surface area contributed by atoms with E-state index in [1.54, 1.807) is 0 Å². The average Bonchev–Trinajstić information content (AvgIpc) is 2.52. The summed E-state index contributed by atoms with van der Waals surface area (Å²) in [5, 5.41) is 3.54. The number of hydrogen-bond acceptors (Lipinski definition) is 2. The summed E-state index contributed by atoms with van der Waals surface area (Å²) in [4.78, 5) is 2.52. The maximum absolute atomic E-state index is 3.54. The van der Waals surface area contributed by atoms with E-state index < -0.39 is 0 Å². The first-order valence-electron chi connectivity index (χ1n) is 3.78. The third kappa shape index (κ3) is 0.310. The van der Waals surface area contributed by atoms with E-state index in [2.05, 4.69) is 17.3 Å². The van der Waals surface area contributed by atoms with Crippen molar-refractivity contribution in [3.63, 3.8) is 0 Å². The summed E-state index contributed by atoms with van der Waals surface area (Å²) in [7, 11) is 2.25. The van der Waals surface area contributed by atoms with Crippen LogP contribution in [0.4, 0.5) is 0 Å². The molecule has 1 spiro atoms. The highest BCUT2D eigenvalue weighted by molar-refractivity contribution is 5.29. The number of piperidine rings is 1. The van der Waals surface area contributed by atoms with Crippen molar-refractivity contribution >= 4 is 0 Å². The molecule has 3 aliphatic rings. The molecule has 3 fully saturated rings. The van der Waals surface area contributed by atoms with Crippen molar-refractivity contribution in [3.8, 4) is 0 Å². The standard InChI is InChI=1S/C7H12N2/c1-9-4-6-7(9)2-5(7)3-8-6/h5-6,8H,2-4H2,1H3. The van der Waals surface area contributed by atoms with E-state index in [1.165, 1.54) is 19.5 Å². The third-order valence-corrected chi connectivity index (χ3v) is 3.50. The van der Waals surface area contributed by atoms with Gasteiger partial charge in [-0.25, -0.2) is 0 Å². The number of likely N-dealkylation sites (N-methyl/N-ethyl adjacent to an activating group) is 1. The minimum atomic E-state index is 0.681. The van der Waals surface area contributed by atoms with Gasteiger partial charge in [-0.1, -0.05) is 0 Å². The minimum Gasteiger partial charge on any atom is -0.311 e. The Hall–Kier alpha value is -0.0800. The molecule has 0 aromatic carbocycles. The second-order valence-corrected chi connectivity index (χ2v) is 3.73. The third-order valence-electron chi connectivity index (χ3n) is 3.50. The molecule has 2 nitrogen and oxygen atoms in total. The van der Waals surface area contributed by atoms with Crippen LogP contribution in [0.25, 0.3) is 0 Å². The highest BCUT2D eigenvalue weighted by Crippen LogP contribution is 2.58. The van der Waals surface area contributed by atoms with Crippen LogP contribution in [-0.4, -0.2) is 36.6 Å². The van der Waals surface area contributed by atoms with Gasteiger partial charge in [-0.3, -0.25) is 4.90 Å². The van der Waals surface area contributed by atoms with Gasteiger partial charge in [-0.2, -0.15) is 0 Å². The van der Waals surface area contributed by atoms with E-state index in [0.717, 1.165) is 12.0 Å². The second-order valence-electron chi connectivity index (χ2n) is 3.73. The van der Waals surface area contributed by atoms with E-state index in [0.29, 0.717) is 5.54 Å². The maximum atomic E-state index is 3.54. The molecule has 0 radical (unpaired) electrons. The maximum Gasteiger partial charge on any atom is 0.0417 e. The van der Waals surface area contributed by atoms with Crippen LogP contribution in [0.5, 0.6) is 0 Å². The van der Waals surface area contributed by atoms with E-state index in [9.17, 15) is 0 Å². The van der Waals surface area contributed by atoms with Crippen molar-refractivity contribution in [2.24, 2.45) is 5.92 Å². The lowest BCUT2D eigenvalue weighted by molar-refractivity contribution is 0.0671. The Morgan fingerprint density at radius 3 is 3.00 bits per heavy atom. The summed E-state index contributed by atoms with van der Waals surface area (Å²) < 4.78 is 0. The lowest BCUT2D eigenvalue weighted by Gasteiger charge is -2.45. The number of nitrogens with one attached hydrogen (secondary N) is 1. The molecule has 9 heavy (non-hydrogen) atoms. The fourth-order valence-electron chi connectivity index (χ4n) is 2.76. The summed E-state index contributed by atoms with van der Waals surface area (Å²) >= 11 is 0. The van der Waals surface area contributed by atoms with Crippen molar-refractivity contribution in [1.29, 1.82) is 0 Å². The Morgan fingerprint density at radius 1 is 1.67 bits per heavy atom. The fraction of sp³-hybridized carbons (Fsp3) is 1.00. The van der Waals surface area contributed by atoms with Crippen LogP contribution < -0.4 is 5.32 Å². The van der Waals surface area contributed by atoms with E-state index >= 15 is 0 Å². The van der Waals surface area contributed by atoms with Gasteiger partial charge in [0, 0.05) is 24.7 Å². The molecule has 2 aliphatic heterocycles. The lowest BCUT2D eigenvalue weighted by Crippen LogP contribution is -2.63. The van der Waals surface area contributed by atoms with Crippen molar-refractivity contribution in [2.75, 3.05) is 20.1 Å². The van der Waals surface area contributed by atoms with Crippen LogP contribution >= 0.6 is 0 Å². The smallest absolute Gasteiger partial charge is 0.0417 e. The van der Waals surface area contributed by atoms with Crippen molar-refractivity contribution in [2.45, 2.75) is 18.0 Å². The summed E-state index contributed by atoms with van der Waals surface area (Å²) in [5.41, 5.74) is 0.681. The quantitative estimate of drug-likeness (QED) is 0.475. The molecule has 2 heterocycles. The lowest BCUT2D eigenvalue weighted by atomic mass is 9.95. The van der Waals surface area contributed by atoms with Crippen molar-refractivity contribution in [3.05, 3.63) is 0 Å². The highest BCUT2D eigenvalue weighted by atomic mass is 15.4. The summed E-state index contributed by atoms with van der Waals surface area (Å²) in [6.45, 7) is 2.57. The molecule has 2 saturated heterocycles. The number of nitrogens with zero attached hydrogens (tertiary/aromatic N) is 1. The molecular weight excluding hydrogens is 112 g/mol. The van der Waals surface area contributed by atoms with Gasteiger partial charge in [0.2, 0.25) is 0 Å². The van der Waals surface area contributed by atoms with Gasteiger partial charge in [0.05, 0.1) is 0 Å². The molecule has 50 valence electrons. The van der Waals surface area contributed by atoms with Gasteiger partial charge in [0.1, 0.15) is 0 Å². The van der Waals surface area contributed by atoms with Crippen LogP contribution in [0.1, 0.15) is 6.42 Å². The van der Waals surface area contributed by atoms with E-state index in [4.69, 9.17) is 0 Å². The van der Waals surface area contributed by atoms with Crippen LogP contribution in [0.2, 0.25) is 0 Å². The first-order chi connectivity index (χ1) is 4.34. The molecule has 0 aromatic heterocycles. The van der Waals surface area contributed by atoms with Crippen molar-refractivity contribution < 1.29 is 0 Å².